The lowest BCUT2D eigenvalue weighted by Gasteiger charge is -2.28. The summed E-state index contributed by atoms with van der Waals surface area (Å²) < 4.78 is 40.0. The molecule has 1 nitrogen and oxygen atoms in total. The van der Waals surface area contributed by atoms with E-state index in [2.05, 4.69) is 11.1 Å². The van der Waals surface area contributed by atoms with E-state index < -0.39 is 11.6 Å². The fourth-order valence-electron chi connectivity index (χ4n) is 2.95. The lowest BCUT2D eigenvalue weighted by Crippen LogP contribution is -2.36. The maximum Gasteiger partial charge on any atom is 0.397 e. The third-order valence-corrected chi connectivity index (χ3v) is 4.64. The molecule has 1 heterocycles. The molecule has 4 heteroatoms. The monoisotopic (exact) mass is 343 g/mol. The number of fused-ring (bicyclic) bond motifs is 1. The van der Waals surface area contributed by atoms with Crippen LogP contribution in [0, 0.1) is 13.8 Å². The quantitative estimate of drug-likeness (QED) is 0.528. The zero-order chi connectivity index (χ0) is 18.4. The molecule has 3 aromatic rings. The van der Waals surface area contributed by atoms with Crippen molar-refractivity contribution in [3.8, 4) is 11.3 Å². The first-order chi connectivity index (χ1) is 11.6. The molecule has 0 radical (unpaired) electrons. The van der Waals surface area contributed by atoms with E-state index in [1.165, 1.54) is 19.9 Å². The van der Waals surface area contributed by atoms with Crippen LogP contribution in [0.25, 0.3) is 22.2 Å². The third-order valence-electron chi connectivity index (χ3n) is 4.64. The van der Waals surface area contributed by atoms with Crippen molar-refractivity contribution in [1.82, 2.24) is 4.98 Å². The minimum absolute atomic E-state index is 0.220. The second kappa shape index (κ2) is 5.87. The summed E-state index contributed by atoms with van der Waals surface area (Å²) in [5.74, 6) is 0. The summed E-state index contributed by atoms with van der Waals surface area (Å²) in [6.45, 7) is 6.42. The molecular weight excluding hydrogens is 323 g/mol. The highest BCUT2D eigenvalue weighted by Crippen LogP contribution is 2.41. The summed E-state index contributed by atoms with van der Waals surface area (Å²) in [6.07, 6.45) is -4.31. The predicted octanol–water partition coefficient (Wildman–Crippen LogP) is 6.36. The average molecular weight is 343 g/mol. The number of hydrogen-bond acceptors (Lipinski definition) is 1. The zero-order valence-corrected chi connectivity index (χ0v) is 14.7. The van der Waals surface area contributed by atoms with Gasteiger partial charge < -0.3 is 0 Å². The molecule has 0 spiro atoms. The van der Waals surface area contributed by atoms with Crippen LogP contribution in [0.1, 0.15) is 30.5 Å². The molecule has 0 unspecified atom stereocenters. The van der Waals surface area contributed by atoms with Crippen LogP contribution in [0.15, 0.2) is 48.5 Å². The van der Waals surface area contributed by atoms with Crippen molar-refractivity contribution < 1.29 is 13.2 Å². The first-order valence-corrected chi connectivity index (χ1v) is 8.14. The molecule has 0 N–H and O–H groups in total. The van der Waals surface area contributed by atoms with Crippen molar-refractivity contribution in [2.45, 2.75) is 39.3 Å². The normalized spacial score (nSPS) is 12.6. The van der Waals surface area contributed by atoms with E-state index in [0.717, 1.165) is 27.8 Å². The maximum atomic E-state index is 13.3. The molecule has 0 saturated heterocycles. The Morgan fingerprint density at radius 2 is 1.40 bits per heavy atom. The molecule has 0 fully saturated rings. The lowest BCUT2D eigenvalue weighted by atomic mass is 9.83. The van der Waals surface area contributed by atoms with Gasteiger partial charge in [0.15, 0.2) is 0 Å². The molecule has 2 aromatic carbocycles. The van der Waals surface area contributed by atoms with E-state index >= 15 is 0 Å². The summed E-state index contributed by atoms with van der Waals surface area (Å²) in [5.41, 5.74) is 2.87. The maximum absolute atomic E-state index is 13.3. The van der Waals surface area contributed by atoms with Crippen LogP contribution in [-0.2, 0) is 5.41 Å². The largest absolute Gasteiger partial charge is 0.397 e. The average Bonchev–Trinajstić information content (AvgIpc) is 2.51. The Bertz CT molecular complexity index is 919. The molecule has 0 aliphatic rings. The summed E-state index contributed by atoms with van der Waals surface area (Å²) in [5, 5.41) is 0.829. The van der Waals surface area contributed by atoms with Gasteiger partial charge in [0, 0.05) is 10.9 Å². The van der Waals surface area contributed by atoms with E-state index in [0.29, 0.717) is 5.52 Å². The van der Waals surface area contributed by atoms with Gasteiger partial charge in [0.1, 0.15) is 0 Å². The van der Waals surface area contributed by atoms with Gasteiger partial charge in [-0.15, -0.1) is 0 Å². The van der Waals surface area contributed by atoms with Crippen molar-refractivity contribution >= 4 is 10.9 Å². The summed E-state index contributed by atoms with van der Waals surface area (Å²) in [4.78, 5) is 4.62. The van der Waals surface area contributed by atoms with Gasteiger partial charge in [0.2, 0.25) is 0 Å². The highest BCUT2D eigenvalue weighted by atomic mass is 19.4. The van der Waals surface area contributed by atoms with Crippen LogP contribution in [0.3, 0.4) is 0 Å². The van der Waals surface area contributed by atoms with Gasteiger partial charge >= 0.3 is 6.18 Å². The SMILES string of the molecule is Cc1cc(C)cc(-c2ccc3ccc(C(C)(C)C(F)(F)F)cc3n2)c1. The number of aromatic nitrogens is 1. The number of nitrogens with zero attached hydrogens (tertiary/aromatic N) is 1. The van der Waals surface area contributed by atoms with Crippen LogP contribution >= 0.6 is 0 Å². The first kappa shape index (κ1) is 17.5. The number of hydrogen-bond donors (Lipinski definition) is 0. The number of halogens is 3. The summed E-state index contributed by atoms with van der Waals surface area (Å²) in [6, 6.07) is 14.7. The third kappa shape index (κ3) is 3.26. The second-order valence-electron chi connectivity index (χ2n) is 7.10. The first-order valence-electron chi connectivity index (χ1n) is 8.14. The highest BCUT2D eigenvalue weighted by Gasteiger charge is 2.48. The standard InChI is InChI=1S/C21H20F3N/c1-13-9-14(2)11-16(10-13)18-8-6-15-5-7-17(12-19(15)25-18)20(3,4)21(22,23)24/h5-12H,1-4H3. The fourth-order valence-corrected chi connectivity index (χ4v) is 2.95. The molecule has 0 aliphatic heterocycles. The van der Waals surface area contributed by atoms with E-state index in [9.17, 15) is 13.2 Å². The van der Waals surface area contributed by atoms with E-state index in [1.807, 2.05) is 38.1 Å². The second-order valence-corrected chi connectivity index (χ2v) is 7.10. The number of aryl methyl sites for hydroxylation is 2. The molecule has 130 valence electrons. The molecule has 0 amide bonds. The van der Waals surface area contributed by atoms with Crippen LogP contribution in [0.2, 0.25) is 0 Å². The van der Waals surface area contributed by atoms with Gasteiger partial charge in [-0.25, -0.2) is 4.98 Å². The smallest absolute Gasteiger partial charge is 0.248 e. The minimum atomic E-state index is -4.31. The van der Waals surface area contributed by atoms with Gasteiger partial charge in [0.05, 0.1) is 16.6 Å². The van der Waals surface area contributed by atoms with Crippen molar-refractivity contribution in [1.29, 1.82) is 0 Å². The Morgan fingerprint density at radius 1 is 0.800 bits per heavy atom. The molecule has 0 aliphatic carbocycles. The lowest BCUT2D eigenvalue weighted by molar-refractivity contribution is -0.180. The van der Waals surface area contributed by atoms with E-state index in [1.54, 1.807) is 12.1 Å². The van der Waals surface area contributed by atoms with E-state index in [-0.39, 0.29) is 5.56 Å². The summed E-state index contributed by atoms with van der Waals surface area (Å²) in [7, 11) is 0. The minimum Gasteiger partial charge on any atom is -0.248 e. The molecule has 0 saturated carbocycles. The molecule has 1 aromatic heterocycles. The van der Waals surface area contributed by atoms with Crippen molar-refractivity contribution in [3.63, 3.8) is 0 Å². The number of pyridine rings is 1. The number of alkyl halides is 3. The number of benzene rings is 2. The van der Waals surface area contributed by atoms with Gasteiger partial charge in [-0.3, -0.25) is 0 Å². The Labute approximate surface area is 145 Å². The Kier molecular flexibility index (Phi) is 4.10. The Morgan fingerprint density at radius 3 is 2.00 bits per heavy atom. The van der Waals surface area contributed by atoms with E-state index in [4.69, 9.17) is 0 Å². The van der Waals surface area contributed by atoms with Gasteiger partial charge in [-0.2, -0.15) is 13.2 Å². The van der Waals surface area contributed by atoms with Crippen LogP contribution in [0.4, 0.5) is 13.2 Å². The van der Waals surface area contributed by atoms with Crippen LogP contribution in [-0.4, -0.2) is 11.2 Å². The van der Waals surface area contributed by atoms with Gasteiger partial charge in [-0.1, -0.05) is 35.4 Å². The molecule has 0 bridgehead atoms. The fraction of sp³-hybridized carbons (Fsp3) is 0.286. The molecular formula is C21H20F3N. The highest BCUT2D eigenvalue weighted by molar-refractivity contribution is 5.82. The Hall–Kier alpha value is -2.36. The van der Waals surface area contributed by atoms with Crippen molar-refractivity contribution in [2.75, 3.05) is 0 Å². The molecule has 0 atom stereocenters. The molecule has 3 rings (SSSR count). The van der Waals surface area contributed by atoms with Crippen molar-refractivity contribution in [3.05, 3.63) is 65.2 Å². The van der Waals surface area contributed by atoms with Crippen LogP contribution in [0.5, 0.6) is 0 Å². The van der Waals surface area contributed by atoms with Crippen LogP contribution < -0.4 is 0 Å². The van der Waals surface area contributed by atoms with Gasteiger partial charge in [0.25, 0.3) is 0 Å². The Balaban J connectivity index is 2.14. The van der Waals surface area contributed by atoms with Gasteiger partial charge in [-0.05, 0) is 57.5 Å². The number of rotatable bonds is 2. The summed E-state index contributed by atoms with van der Waals surface area (Å²) >= 11 is 0. The molecule has 25 heavy (non-hydrogen) atoms. The predicted molar refractivity (Wildman–Crippen MR) is 95.7 cm³/mol. The zero-order valence-electron chi connectivity index (χ0n) is 14.7. The topological polar surface area (TPSA) is 12.9 Å². The van der Waals surface area contributed by atoms with Crippen molar-refractivity contribution in [2.24, 2.45) is 0 Å².